The fraction of sp³-hybridized carbons (Fsp3) is 0.524. The number of alkyl carbamates (subject to hydrolysis) is 2. The van der Waals surface area contributed by atoms with E-state index in [1.165, 1.54) is 0 Å². The molecule has 0 fully saturated rings. The fourth-order valence-corrected chi connectivity index (χ4v) is 6.21. The van der Waals surface area contributed by atoms with E-state index in [2.05, 4.69) is 41.9 Å². The van der Waals surface area contributed by atoms with Gasteiger partial charge in [0.15, 0.2) is 0 Å². The minimum Gasteiger partial charge on any atom is -0.444 e. The zero-order chi connectivity index (χ0) is 40.6. The third-order valence-electron chi connectivity index (χ3n) is 8.83. The van der Waals surface area contributed by atoms with Crippen LogP contribution in [0.2, 0.25) is 0 Å². The highest BCUT2D eigenvalue weighted by Gasteiger charge is 2.27. The molecule has 4 amide bonds. The molecule has 0 radical (unpaired) electrons. The Hall–Kier alpha value is -5.08. The monoisotopic (exact) mass is 774 g/mol. The highest BCUT2D eigenvalue weighted by atomic mass is 16.6. The van der Waals surface area contributed by atoms with E-state index < -0.39 is 35.5 Å². The van der Waals surface area contributed by atoms with Gasteiger partial charge in [0.2, 0.25) is 11.8 Å². The maximum atomic E-state index is 13.2. The first-order valence-electron chi connectivity index (χ1n) is 19.7. The lowest BCUT2D eigenvalue weighted by atomic mass is 10.0. The standard InChI is InChI=1S/C42H62N8O6/c1-41(2,3)55-39(53)49-35(25-29-27-47-33-17-9-7-15-31(29)33)37(51)45-23-13-21-43-19-11-12-20-44-22-14-24-46-38(52)36(50-40(54)56-42(4,5)6)26-30-28-48-34-18-10-8-16-32(30)34/h7-10,15-18,27-28,35-36,43-44,47-48H,11-14,19-26H2,1-6H3,(H,45,51)(H,46,52)(H,49,53)(H,50,54)/t35-,36-/m0/s1. The molecule has 2 aromatic carbocycles. The Balaban J connectivity index is 1.07. The summed E-state index contributed by atoms with van der Waals surface area (Å²) in [6.45, 7) is 14.9. The molecule has 0 unspecified atom stereocenters. The molecule has 56 heavy (non-hydrogen) atoms. The number of unbranched alkanes of at least 4 members (excludes halogenated alkanes) is 1. The van der Waals surface area contributed by atoms with Gasteiger partial charge in [0.05, 0.1) is 0 Å². The molecule has 8 N–H and O–H groups in total. The first-order chi connectivity index (χ1) is 26.7. The number of rotatable bonds is 21. The topological polar surface area (TPSA) is 190 Å². The number of aromatic nitrogens is 2. The van der Waals surface area contributed by atoms with Gasteiger partial charge in [0, 0.05) is 60.1 Å². The molecule has 0 saturated heterocycles. The summed E-state index contributed by atoms with van der Waals surface area (Å²) < 4.78 is 10.9. The van der Waals surface area contributed by atoms with Gasteiger partial charge in [-0.15, -0.1) is 0 Å². The molecule has 306 valence electrons. The van der Waals surface area contributed by atoms with Crippen molar-refractivity contribution in [2.24, 2.45) is 0 Å². The fourth-order valence-electron chi connectivity index (χ4n) is 6.21. The SMILES string of the molecule is CC(C)(C)OC(=O)N[C@@H](Cc1c[nH]c2ccccc12)C(=O)NCCCNCCCCNCCCNC(=O)[C@H](Cc1c[nH]c2ccccc12)NC(=O)OC(C)(C)C. The number of benzene rings is 2. The highest BCUT2D eigenvalue weighted by Crippen LogP contribution is 2.21. The van der Waals surface area contributed by atoms with Gasteiger partial charge in [-0.1, -0.05) is 36.4 Å². The van der Waals surface area contributed by atoms with E-state index >= 15 is 0 Å². The van der Waals surface area contributed by atoms with Gasteiger partial charge < -0.3 is 51.3 Å². The average Bonchev–Trinajstić information content (AvgIpc) is 3.73. The number of hydrogen-bond donors (Lipinski definition) is 8. The van der Waals surface area contributed by atoms with Crippen molar-refractivity contribution in [2.75, 3.05) is 39.3 Å². The molecule has 0 saturated carbocycles. The molecule has 2 heterocycles. The summed E-state index contributed by atoms with van der Waals surface area (Å²) in [6, 6.07) is 14.2. The highest BCUT2D eigenvalue weighted by molar-refractivity contribution is 5.89. The molecular weight excluding hydrogens is 713 g/mol. The number of amides is 4. The molecule has 4 rings (SSSR count). The smallest absolute Gasteiger partial charge is 0.408 e. The quantitative estimate of drug-likeness (QED) is 0.0531. The second-order valence-electron chi connectivity index (χ2n) is 16.0. The molecular formula is C42H62N8O6. The molecule has 0 aliphatic heterocycles. The maximum absolute atomic E-state index is 13.2. The Kier molecular flexibility index (Phi) is 16.6. The van der Waals surface area contributed by atoms with Gasteiger partial charge in [-0.2, -0.15) is 0 Å². The number of hydrogen-bond acceptors (Lipinski definition) is 8. The molecule has 14 nitrogen and oxygen atoms in total. The van der Waals surface area contributed by atoms with Crippen molar-refractivity contribution >= 4 is 45.8 Å². The Labute approximate surface area is 330 Å². The third kappa shape index (κ3) is 15.2. The van der Waals surface area contributed by atoms with Gasteiger partial charge >= 0.3 is 12.2 Å². The van der Waals surface area contributed by atoms with Crippen LogP contribution in [-0.4, -0.2) is 96.5 Å². The van der Waals surface area contributed by atoms with Crippen LogP contribution in [0, 0.1) is 0 Å². The number of carbonyl (C=O) groups excluding carboxylic acids is 4. The molecule has 0 aliphatic carbocycles. The number of aromatic amines is 2. The largest absolute Gasteiger partial charge is 0.444 e. The third-order valence-corrected chi connectivity index (χ3v) is 8.83. The number of H-pyrrole nitrogens is 2. The molecule has 4 aromatic rings. The lowest BCUT2D eigenvalue weighted by molar-refractivity contribution is -0.123. The van der Waals surface area contributed by atoms with Crippen LogP contribution < -0.4 is 31.9 Å². The lowest BCUT2D eigenvalue weighted by Gasteiger charge is -2.23. The molecule has 2 aromatic heterocycles. The van der Waals surface area contributed by atoms with Crippen molar-refractivity contribution < 1.29 is 28.7 Å². The number of carbonyl (C=O) groups is 4. The van der Waals surface area contributed by atoms with Crippen LogP contribution >= 0.6 is 0 Å². The molecule has 0 spiro atoms. The first kappa shape index (κ1) is 43.6. The van der Waals surface area contributed by atoms with Crippen LogP contribution in [0.3, 0.4) is 0 Å². The predicted molar refractivity (Wildman–Crippen MR) is 221 cm³/mol. The summed E-state index contributed by atoms with van der Waals surface area (Å²) in [5.74, 6) is -0.510. The second-order valence-corrected chi connectivity index (χ2v) is 16.0. The van der Waals surface area contributed by atoms with Crippen molar-refractivity contribution in [3.63, 3.8) is 0 Å². The summed E-state index contributed by atoms with van der Waals surface area (Å²) in [5.41, 5.74) is 2.47. The van der Waals surface area contributed by atoms with Gasteiger partial charge in [0.1, 0.15) is 23.3 Å². The minimum absolute atomic E-state index is 0.255. The Morgan fingerprint density at radius 1 is 0.554 bits per heavy atom. The van der Waals surface area contributed by atoms with Gasteiger partial charge in [0.25, 0.3) is 0 Å². The van der Waals surface area contributed by atoms with Crippen LogP contribution in [0.25, 0.3) is 21.8 Å². The Morgan fingerprint density at radius 3 is 1.32 bits per heavy atom. The number of nitrogens with one attached hydrogen (secondary N) is 8. The average molecular weight is 775 g/mol. The lowest BCUT2D eigenvalue weighted by Crippen LogP contribution is -2.49. The first-order valence-corrected chi connectivity index (χ1v) is 19.7. The van der Waals surface area contributed by atoms with E-state index in [1.807, 2.05) is 60.9 Å². The Morgan fingerprint density at radius 2 is 0.929 bits per heavy atom. The minimum atomic E-state index is -0.783. The van der Waals surface area contributed by atoms with Crippen molar-refractivity contribution in [1.29, 1.82) is 0 Å². The van der Waals surface area contributed by atoms with Crippen LogP contribution in [-0.2, 0) is 31.9 Å². The molecule has 2 atom stereocenters. The van der Waals surface area contributed by atoms with E-state index in [4.69, 9.17) is 9.47 Å². The summed E-state index contributed by atoms with van der Waals surface area (Å²) in [7, 11) is 0. The summed E-state index contributed by atoms with van der Waals surface area (Å²) in [5, 5.41) is 20.3. The Bertz CT molecular complexity index is 1720. The number of fused-ring (bicyclic) bond motifs is 2. The van der Waals surface area contributed by atoms with Crippen molar-refractivity contribution in [3.8, 4) is 0 Å². The molecule has 0 aliphatic rings. The predicted octanol–water partition coefficient (Wildman–Crippen LogP) is 5.19. The van der Waals surface area contributed by atoms with E-state index in [-0.39, 0.29) is 11.8 Å². The van der Waals surface area contributed by atoms with E-state index in [0.717, 1.165) is 84.8 Å². The van der Waals surface area contributed by atoms with Crippen LogP contribution in [0.1, 0.15) is 78.4 Å². The van der Waals surface area contributed by atoms with Gasteiger partial charge in [-0.3, -0.25) is 9.59 Å². The normalized spacial score (nSPS) is 12.9. The van der Waals surface area contributed by atoms with Crippen LogP contribution in [0.15, 0.2) is 60.9 Å². The van der Waals surface area contributed by atoms with Crippen LogP contribution in [0.4, 0.5) is 9.59 Å². The molecule has 14 heteroatoms. The zero-order valence-corrected chi connectivity index (χ0v) is 33.9. The molecule has 0 bridgehead atoms. The van der Waals surface area contributed by atoms with Gasteiger partial charge in [-0.25, -0.2) is 9.59 Å². The maximum Gasteiger partial charge on any atom is 0.408 e. The van der Waals surface area contributed by atoms with Crippen LogP contribution in [0.5, 0.6) is 0 Å². The van der Waals surface area contributed by atoms with Gasteiger partial charge in [-0.05, 0) is 117 Å². The van der Waals surface area contributed by atoms with E-state index in [9.17, 15) is 19.2 Å². The van der Waals surface area contributed by atoms with E-state index in [1.54, 1.807) is 41.5 Å². The number of para-hydroxylation sites is 2. The summed E-state index contributed by atoms with van der Waals surface area (Å²) in [6.07, 6.45) is 6.64. The second kappa shape index (κ2) is 21.3. The van der Waals surface area contributed by atoms with Crippen molar-refractivity contribution in [3.05, 3.63) is 72.1 Å². The summed E-state index contributed by atoms with van der Waals surface area (Å²) in [4.78, 5) is 58.0. The van der Waals surface area contributed by atoms with Crippen molar-refractivity contribution in [2.45, 2.75) is 103 Å². The summed E-state index contributed by atoms with van der Waals surface area (Å²) >= 11 is 0. The van der Waals surface area contributed by atoms with Crippen molar-refractivity contribution in [1.82, 2.24) is 41.9 Å². The number of ether oxygens (including phenoxy) is 2. The van der Waals surface area contributed by atoms with E-state index in [0.29, 0.717) is 25.9 Å². The zero-order valence-electron chi connectivity index (χ0n) is 33.9.